The van der Waals surface area contributed by atoms with Gasteiger partial charge in [-0.1, -0.05) is 12.8 Å². The Morgan fingerprint density at radius 2 is 1.90 bits per heavy atom. The zero-order chi connectivity index (χ0) is 13.8. The van der Waals surface area contributed by atoms with E-state index in [9.17, 15) is 4.79 Å². The van der Waals surface area contributed by atoms with Gasteiger partial charge in [0, 0.05) is 44.2 Å². The predicted molar refractivity (Wildman–Crippen MR) is 74.2 cm³/mol. The van der Waals surface area contributed by atoms with Crippen LogP contribution in [0.3, 0.4) is 0 Å². The Labute approximate surface area is 119 Å². The molecule has 0 aromatic carbocycles. The first-order valence-electron chi connectivity index (χ1n) is 7.54. The average Bonchev–Trinajstić information content (AvgIpc) is 3.03. The molecule has 5 nitrogen and oxygen atoms in total. The molecule has 0 bridgehead atoms. The van der Waals surface area contributed by atoms with Crippen molar-refractivity contribution in [1.29, 1.82) is 0 Å². The first kappa shape index (κ1) is 13.3. The van der Waals surface area contributed by atoms with Crippen molar-refractivity contribution in [1.82, 2.24) is 14.9 Å². The van der Waals surface area contributed by atoms with Gasteiger partial charge in [-0.3, -0.25) is 9.78 Å². The number of piperidine rings is 1. The third kappa shape index (κ3) is 3.08. The van der Waals surface area contributed by atoms with Crippen LogP contribution < -0.4 is 4.74 Å². The molecule has 1 aliphatic heterocycles. The number of aromatic nitrogens is 2. The second-order valence-electron chi connectivity index (χ2n) is 5.67. The lowest BCUT2D eigenvalue weighted by molar-refractivity contribution is -0.137. The fourth-order valence-electron chi connectivity index (χ4n) is 3.14. The molecule has 5 heteroatoms. The number of carbonyl (C=O) groups excluding carboxylic acids is 1. The summed E-state index contributed by atoms with van der Waals surface area (Å²) in [6.07, 6.45) is 11.4. The van der Waals surface area contributed by atoms with Crippen molar-refractivity contribution in [2.24, 2.45) is 5.92 Å². The van der Waals surface area contributed by atoms with Gasteiger partial charge < -0.3 is 9.64 Å². The van der Waals surface area contributed by atoms with E-state index in [0.29, 0.717) is 11.8 Å². The van der Waals surface area contributed by atoms with E-state index in [4.69, 9.17) is 4.74 Å². The number of likely N-dealkylation sites (tertiary alicyclic amines) is 1. The Kier molecular flexibility index (Phi) is 4.14. The van der Waals surface area contributed by atoms with Crippen molar-refractivity contribution < 1.29 is 9.53 Å². The highest BCUT2D eigenvalue weighted by Crippen LogP contribution is 2.28. The molecule has 2 fully saturated rings. The van der Waals surface area contributed by atoms with Crippen molar-refractivity contribution in [2.45, 2.75) is 44.6 Å². The van der Waals surface area contributed by atoms with Crippen LogP contribution in [0.5, 0.6) is 5.88 Å². The van der Waals surface area contributed by atoms with Gasteiger partial charge in [-0.15, -0.1) is 0 Å². The number of nitrogens with zero attached hydrogens (tertiary/aromatic N) is 3. The van der Waals surface area contributed by atoms with Gasteiger partial charge in [0.05, 0.1) is 6.20 Å². The lowest BCUT2D eigenvalue weighted by atomic mass is 10.0. The number of ether oxygens (including phenoxy) is 1. The molecule has 20 heavy (non-hydrogen) atoms. The van der Waals surface area contributed by atoms with E-state index in [1.54, 1.807) is 18.6 Å². The highest BCUT2D eigenvalue weighted by Gasteiger charge is 2.30. The Morgan fingerprint density at radius 3 is 2.55 bits per heavy atom. The first-order valence-corrected chi connectivity index (χ1v) is 7.54. The summed E-state index contributed by atoms with van der Waals surface area (Å²) in [6.45, 7) is 1.61. The van der Waals surface area contributed by atoms with E-state index < -0.39 is 0 Å². The molecule has 1 aromatic rings. The van der Waals surface area contributed by atoms with Crippen LogP contribution in [-0.4, -0.2) is 40.0 Å². The molecule has 0 N–H and O–H groups in total. The minimum absolute atomic E-state index is 0.152. The lowest BCUT2D eigenvalue weighted by Crippen LogP contribution is -2.44. The fraction of sp³-hybridized carbons (Fsp3) is 0.667. The van der Waals surface area contributed by atoms with Crippen LogP contribution in [-0.2, 0) is 4.79 Å². The van der Waals surface area contributed by atoms with Crippen molar-refractivity contribution in [3.05, 3.63) is 18.6 Å². The molecule has 1 aliphatic carbocycles. The quantitative estimate of drug-likeness (QED) is 0.847. The third-order valence-electron chi connectivity index (χ3n) is 4.28. The van der Waals surface area contributed by atoms with Crippen LogP contribution in [0.4, 0.5) is 0 Å². The average molecular weight is 275 g/mol. The summed E-state index contributed by atoms with van der Waals surface area (Å²) in [5.41, 5.74) is 0. The van der Waals surface area contributed by atoms with Crippen molar-refractivity contribution in [3.63, 3.8) is 0 Å². The summed E-state index contributed by atoms with van der Waals surface area (Å²) in [4.78, 5) is 22.5. The molecule has 1 saturated carbocycles. The normalized spacial score (nSPS) is 21.1. The molecule has 2 heterocycles. The maximum atomic E-state index is 12.3. The molecule has 1 saturated heterocycles. The van der Waals surface area contributed by atoms with Crippen LogP contribution in [0.1, 0.15) is 38.5 Å². The van der Waals surface area contributed by atoms with Gasteiger partial charge in [0.1, 0.15) is 6.10 Å². The van der Waals surface area contributed by atoms with E-state index in [1.165, 1.54) is 12.8 Å². The van der Waals surface area contributed by atoms with E-state index in [0.717, 1.165) is 38.8 Å². The Hall–Kier alpha value is -1.65. The van der Waals surface area contributed by atoms with E-state index in [1.807, 2.05) is 4.90 Å². The van der Waals surface area contributed by atoms with Gasteiger partial charge in [-0.25, -0.2) is 4.98 Å². The minimum atomic E-state index is 0.152. The largest absolute Gasteiger partial charge is 0.473 e. The lowest BCUT2D eigenvalue weighted by Gasteiger charge is -2.33. The maximum absolute atomic E-state index is 12.3. The molecule has 108 valence electrons. The minimum Gasteiger partial charge on any atom is -0.473 e. The van der Waals surface area contributed by atoms with Crippen LogP contribution in [0.15, 0.2) is 18.6 Å². The number of amides is 1. The topological polar surface area (TPSA) is 55.3 Å². The van der Waals surface area contributed by atoms with Gasteiger partial charge in [-0.05, 0) is 12.8 Å². The van der Waals surface area contributed by atoms with E-state index >= 15 is 0 Å². The zero-order valence-corrected chi connectivity index (χ0v) is 11.7. The molecule has 1 amide bonds. The van der Waals surface area contributed by atoms with Crippen LogP contribution in [0.2, 0.25) is 0 Å². The second kappa shape index (κ2) is 6.20. The van der Waals surface area contributed by atoms with Crippen LogP contribution in [0.25, 0.3) is 0 Å². The molecule has 0 unspecified atom stereocenters. The van der Waals surface area contributed by atoms with E-state index in [-0.39, 0.29) is 12.0 Å². The van der Waals surface area contributed by atoms with Gasteiger partial charge >= 0.3 is 0 Å². The summed E-state index contributed by atoms with van der Waals surface area (Å²) >= 11 is 0. The van der Waals surface area contributed by atoms with Crippen molar-refractivity contribution >= 4 is 5.91 Å². The maximum Gasteiger partial charge on any atom is 0.232 e. The Morgan fingerprint density at radius 1 is 1.15 bits per heavy atom. The summed E-state index contributed by atoms with van der Waals surface area (Å²) in [5.74, 6) is 1.22. The molecular formula is C15H21N3O2. The zero-order valence-electron chi connectivity index (χ0n) is 11.7. The summed E-state index contributed by atoms with van der Waals surface area (Å²) in [5, 5.41) is 0. The highest BCUT2D eigenvalue weighted by molar-refractivity contribution is 5.79. The monoisotopic (exact) mass is 275 g/mol. The van der Waals surface area contributed by atoms with Crippen LogP contribution >= 0.6 is 0 Å². The Balaban J connectivity index is 1.48. The van der Waals surface area contributed by atoms with Crippen LogP contribution in [0, 0.1) is 5.92 Å². The Bertz CT molecular complexity index is 438. The smallest absolute Gasteiger partial charge is 0.232 e. The number of hydrogen-bond acceptors (Lipinski definition) is 4. The number of carbonyl (C=O) groups is 1. The molecule has 0 spiro atoms. The highest BCUT2D eigenvalue weighted by atomic mass is 16.5. The summed E-state index contributed by atoms with van der Waals surface area (Å²) in [6, 6.07) is 0. The van der Waals surface area contributed by atoms with Gasteiger partial charge in [0.2, 0.25) is 11.8 Å². The van der Waals surface area contributed by atoms with Gasteiger partial charge in [0.15, 0.2) is 0 Å². The third-order valence-corrected chi connectivity index (χ3v) is 4.28. The molecule has 0 radical (unpaired) electrons. The SMILES string of the molecule is O=C(C1CCCC1)N1CCC(Oc2cnccn2)CC1. The van der Waals surface area contributed by atoms with Gasteiger partial charge in [-0.2, -0.15) is 0 Å². The number of hydrogen-bond donors (Lipinski definition) is 0. The van der Waals surface area contributed by atoms with Gasteiger partial charge in [0.25, 0.3) is 0 Å². The second-order valence-corrected chi connectivity index (χ2v) is 5.67. The predicted octanol–water partition coefficient (Wildman–Crippen LogP) is 2.04. The first-order chi connectivity index (χ1) is 9.83. The fourth-order valence-corrected chi connectivity index (χ4v) is 3.14. The molecule has 0 atom stereocenters. The molecule has 3 rings (SSSR count). The van der Waals surface area contributed by atoms with Crippen molar-refractivity contribution in [3.8, 4) is 5.88 Å². The standard InChI is InChI=1S/C15H21N3O2/c19-15(12-3-1-2-4-12)18-9-5-13(6-10-18)20-14-11-16-7-8-17-14/h7-8,11-13H,1-6,9-10H2. The number of rotatable bonds is 3. The van der Waals surface area contributed by atoms with E-state index in [2.05, 4.69) is 9.97 Å². The molecular weight excluding hydrogens is 254 g/mol. The molecule has 2 aliphatic rings. The van der Waals surface area contributed by atoms with Crippen molar-refractivity contribution in [2.75, 3.05) is 13.1 Å². The molecule has 1 aromatic heterocycles. The summed E-state index contributed by atoms with van der Waals surface area (Å²) in [7, 11) is 0. The summed E-state index contributed by atoms with van der Waals surface area (Å²) < 4.78 is 5.80.